The molecular weight excluding hydrogens is 264 g/mol. The Morgan fingerprint density at radius 1 is 1.35 bits per heavy atom. The van der Waals surface area contributed by atoms with Crippen molar-refractivity contribution in [2.24, 2.45) is 5.92 Å². The number of nitrogens with zero attached hydrogens (tertiary/aromatic N) is 3. The van der Waals surface area contributed by atoms with Crippen LogP contribution < -0.4 is 5.32 Å². The molecule has 0 aromatic carbocycles. The molecule has 0 aliphatic carbocycles. The standard InChI is InChI=1S/C12H16N4O4/c1-16(2)11(17)8-3-4-10(15-14-8)13-9-6-20-5-7(9)12(18)19/h3-4,7,9H,5-6H2,1-2H3,(H,13,15)(H,18,19). The van der Waals surface area contributed by atoms with Gasteiger partial charge in [0.2, 0.25) is 0 Å². The lowest BCUT2D eigenvalue weighted by molar-refractivity contribution is -0.141. The number of carbonyl (C=O) groups is 2. The minimum Gasteiger partial charge on any atom is -0.481 e. The van der Waals surface area contributed by atoms with Crippen molar-refractivity contribution in [2.75, 3.05) is 32.6 Å². The predicted molar refractivity (Wildman–Crippen MR) is 69.4 cm³/mol. The van der Waals surface area contributed by atoms with Crippen molar-refractivity contribution >= 4 is 17.7 Å². The highest BCUT2D eigenvalue weighted by molar-refractivity contribution is 5.91. The molecule has 0 radical (unpaired) electrons. The summed E-state index contributed by atoms with van der Waals surface area (Å²) in [7, 11) is 3.26. The smallest absolute Gasteiger partial charge is 0.311 e. The molecule has 8 heteroatoms. The number of aliphatic carboxylic acids is 1. The van der Waals surface area contributed by atoms with Crippen LogP contribution in [0.15, 0.2) is 12.1 Å². The Balaban J connectivity index is 2.04. The van der Waals surface area contributed by atoms with E-state index in [-0.39, 0.29) is 24.2 Å². The molecule has 20 heavy (non-hydrogen) atoms. The van der Waals surface area contributed by atoms with Crippen LogP contribution in [0.1, 0.15) is 10.5 Å². The van der Waals surface area contributed by atoms with E-state index in [4.69, 9.17) is 9.84 Å². The molecule has 108 valence electrons. The van der Waals surface area contributed by atoms with Crippen LogP contribution >= 0.6 is 0 Å². The predicted octanol–water partition coefficient (Wildman–Crippen LogP) is -0.310. The number of carboxylic acid groups (broad SMARTS) is 1. The summed E-state index contributed by atoms with van der Waals surface area (Å²) in [6.07, 6.45) is 0. The maximum Gasteiger partial charge on any atom is 0.311 e. The quantitative estimate of drug-likeness (QED) is 0.779. The fourth-order valence-corrected chi connectivity index (χ4v) is 1.88. The summed E-state index contributed by atoms with van der Waals surface area (Å²) in [4.78, 5) is 24.1. The molecule has 0 saturated carbocycles. The first-order valence-corrected chi connectivity index (χ1v) is 6.11. The van der Waals surface area contributed by atoms with Gasteiger partial charge in [0.25, 0.3) is 5.91 Å². The SMILES string of the molecule is CN(C)C(=O)c1ccc(NC2COCC2C(=O)O)nn1. The van der Waals surface area contributed by atoms with Crippen molar-refractivity contribution in [3.05, 3.63) is 17.8 Å². The van der Waals surface area contributed by atoms with Crippen molar-refractivity contribution in [3.63, 3.8) is 0 Å². The number of hydrogen-bond donors (Lipinski definition) is 2. The van der Waals surface area contributed by atoms with Gasteiger partial charge in [0.15, 0.2) is 5.69 Å². The maximum atomic E-state index is 11.6. The van der Waals surface area contributed by atoms with E-state index in [1.165, 1.54) is 4.90 Å². The average Bonchev–Trinajstić information content (AvgIpc) is 2.87. The Morgan fingerprint density at radius 2 is 2.10 bits per heavy atom. The summed E-state index contributed by atoms with van der Waals surface area (Å²) in [6, 6.07) is 2.79. The molecule has 1 aromatic heterocycles. The van der Waals surface area contributed by atoms with Crippen molar-refractivity contribution < 1.29 is 19.4 Å². The number of nitrogens with one attached hydrogen (secondary N) is 1. The van der Waals surface area contributed by atoms with Crippen LogP contribution in [0.5, 0.6) is 0 Å². The van der Waals surface area contributed by atoms with Gasteiger partial charge in [0.1, 0.15) is 11.7 Å². The van der Waals surface area contributed by atoms with Gasteiger partial charge in [-0.1, -0.05) is 0 Å². The highest BCUT2D eigenvalue weighted by atomic mass is 16.5. The number of anilines is 1. The number of carbonyl (C=O) groups excluding carboxylic acids is 1. The number of aromatic nitrogens is 2. The second kappa shape index (κ2) is 5.83. The zero-order valence-corrected chi connectivity index (χ0v) is 11.2. The first-order valence-electron chi connectivity index (χ1n) is 6.11. The van der Waals surface area contributed by atoms with Gasteiger partial charge in [0, 0.05) is 14.1 Å². The Morgan fingerprint density at radius 3 is 2.65 bits per heavy atom. The van der Waals surface area contributed by atoms with Crippen molar-refractivity contribution in [3.8, 4) is 0 Å². The van der Waals surface area contributed by atoms with Crippen LogP contribution in [0.25, 0.3) is 0 Å². The van der Waals surface area contributed by atoms with Crippen LogP contribution in [0, 0.1) is 5.92 Å². The topological polar surface area (TPSA) is 105 Å². The first-order chi connectivity index (χ1) is 9.49. The van der Waals surface area contributed by atoms with Gasteiger partial charge >= 0.3 is 5.97 Å². The van der Waals surface area contributed by atoms with Gasteiger partial charge in [-0.2, -0.15) is 0 Å². The summed E-state index contributed by atoms with van der Waals surface area (Å²) in [6.45, 7) is 0.481. The van der Waals surface area contributed by atoms with E-state index in [1.54, 1.807) is 26.2 Å². The van der Waals surface area contributed by atoms with Gasteiger partial charge in [-0.05, 0) is 12.1 Å². The zero-order chi connectivity index (χ0) is 14.7. The lowest BCUT2D eigenvalue weighted by atomic mass is 10.0. The third-order valence-corrected chi connectivity index (χ3v) is 3.02. The van der Waals surface area contributed by atoms with E-state index in [9.17, 15) is 9.59 Å². The average molecular weight is 280 g/mol. The van der Waals surface area contributed by atoms with Gasteiger partial charge in [-0.25, -0.2) is 0 Å². The van der Waals surface area contributed by atoms with Crippen molar-refractivity contribution in [1.29, 1.82) is 0 Å². The number of amides is 1. The number of hydrogen-bond acceptors (Lipinski definition) is 6. The Hall–Kier alpha value is -2.22. The fraction of sp³-hybridized carbons (Fsp3) is 0.500. The molecule has 0 bridgehead atoms. The van der Waals surface area contributed by atoms with Crippen molar-refractivity contribution in [1.82, 2.24) is 15.1 Å². The summed E-state index contributed by atoms with van der Waals surface area (Å²) in [5.41, 5.74) is 0.234. The lowest BCUT2D eigenvalue weighted by Gasteiger charge is -2.16. The monoisotopic (exact) mass is 280 g/mol. The van der Waals surface area contributed by atoms with Gasteiger partial charge in [-0.15, -0.1) is 10.2 Å². The van der Waals surface area contributed by atoms with Gasteiger partial charge < -0.3 is 20.1 Å². The van der Waals surface area contributed by atoms with Gasteiger partial charge in [0.05, 0.1) is 19.3 Å². The highest BCUT2D eigenvalue weighted by Gasteiger charge is 2.34. The molecule has 1 aliphatic rings. The van der Waals surface area contributed by atoms with Crippen LogP contribution in [0.4, 0.5) is 5.82 Å². The second-order valence-electron chi connectivity index (χ2n) is 4.74. The molecule has 0 spiro atoms. The molecule has 1 aromatic rings. The minimum absolute atomic E-state index is 0.178. The molecule has 1 aliphatic heterocycles. The third-order valence-electron chi connectivity index (χ3n) is 3.02. The lowest BCUT2D eigenvalue weighted by Crippen LogP contribution is -2.33. The largest absolute Gasteiger partial charge is 0.481 e. The molecule has 2 rings (SSSR count). The van der Waals surface area contributed by atoms with E-state index in [1.807, 2.05) is 0 Å². The van der Waals surface area contributed by atoms with E-state index >= 15 is 0 Å². The van der Waals surface area contributed by atoms with Crippen LogP contribution in [-0.2, 0) is 9.53 Å². The minimum atomic E-state index is -0.910. The maximum absolute atomic E-state index is 11.6. The molecule has 2 heterocycles. The Kier molecular flexibility index (Phi) is 4.14. The van der Waals surface area contributed by atoms with Crippen LogP contribution in [0.2, 0.25) is 0 Å². The normalized spacial score (nSPS) is 21.5. The molecule has 2 unspecified atom stereocenters. The molecule has 2 atom stereocenters. The van der Waals surface area contributed by atoms with Crippen molar-refractivity contribution in [2.45, 2.75) is 6.04 Å². The van der Waals surface area contributed by atoms with E-state index in [2.05, 4.69) is 15.5 Å². The first kappa shape index (κ1) is 14.2. The third kappa shape index (κ3) is 3.02. The molecule has 1 fully saturated rings. The second-order valence-corrected chi connectivity index (χ2v) is 4.74. The summed E-state index contributed by atoms with van der Waals surface area (Å²) >= 11 is 0. The highest BCUT2D eigenvalue weighted by Crippen LogP contribution is 2.18. The summed E-state index contributed by atoms with van der Waals surface area (Å²) < 4.78 is 5.14. The summed E-state index contributed by atoms with van der Waals surface area (Å²) in [5, 5.41) is 19.7. The van der Waals surface area contributed by atoms with Crippen LogP contribution in [-0.4, -0.2) is 65.4 Å². The molecular formula is C12H16N4O4. The summed E-state index contributed by atoms with van der Waals surface area (Å²) in [5.74, 6) is -1.34. The van der Waals surface area contributed by atoms with Crippen LogP contribution in [0.3, 0.4) is 0 Å². The van der Waals surface area contributed by atoms with E-state index in [0.717, 1.165) is 0 Å². The zero-order valence-electron chi connectivity index (χ0n) is 11.2. The number of rotatable bonds is 4. The molecule has 2 N–H and O–H groups in total. The fourth-order valence-electron chi connectivity index (χ4n) is 1.88. The number of carboxylic acids is 1. The van der Waals surface area contributed by atoms with Gasteiger partial charge in [-0.3, -0.25) is 9.59 Å². The Labute approximate surface area is 115 Å². The molecule has 8 nitrogen and oxygen atoms in total. The molecule has 1 saturated heterocycles. The van der Waals surface area contributed by atoms with E-state index in [0.29, 0.717) is 12.4 Å². The Bertz CT molecular complexity index is 503. The molecule has 1 amide bonds. The van der Waals surface area contributed by atoms with E-state index < -0.39 is 11.9 Å². The number of ether oxygens (including phenoxy) is 1.